The number of aliphatic hydroxyl groups excluding tert-OH is 2. The van der Waals surface area contributed by atoms with Crippen LogP contribution in [0.1, 0.15) is 29.2 Å². The van der Waals surface area contributed by atoms with Crippen LogP contribution < -0.4 is 5.01 Å². The van der Waals surface area contributed by atoms with Crippen molar-refractivity contribution < 1.29 is 10.2 Å². The molecule has 0 aliphatic heterocycles. The van der Waals surface area contributed by atoms with Crippen LogP contribution in [0.15, 0.2) is 77.9 Å². The van der Waals surface area contributed by atoms with E-state index in [4.69, 9.17) is 0 Å². The Kier molecular flexibility index (Phi) is 6.36. The maximum Gasteiger partial charge on any atom is 0.0681 e. The molecule has 0 heterocycles. The fourth-order valence-electron chi connectivity index (χ4n) is 2.73. The first kappa shape index (κ1) is 18.8. The zero-order valence-corrected chi connectivity index (χ0v) is 15.4. The van der Waals surface area contributed by atoms with Gasteiger partial charge in [0.25, 0.3) is 0 Å². The van der Waals surface area contributed by atoms with E-state index < -0.39 is 0 Å². The third-order valence-corrected chi connectivity index (χ3v) is 4.44. The normalized spacial score (nSPS) is 11.1. The largest absolute Gasteiger partial charge is 0.392 e. The first-order valence-electron chi connectivity index (χ1n) is 9.06. The number of hydrogen-bond donors (Lipinski definition) is 2. The van der Waals surface area contributed by atoms with Crippen LogP contribution >= 0.6 is 0 Å². The molecule has 2 N–H and O–H groups in total. The molecule has 0 spiro atoms. The fraction of sp³-hybridized carbons (Fsp3) is 0.174. The Bertz CT molecular complexity index is 822. The Morgan fingerprint density at radius 1 is 0.704 bits per heavy atom. The highest BCUT2D eigenvalue weighted by molar-refractivity contribution is 5.81. The lowest BCUT2D eigenvalue weighted by atomic mass is 10.1. The lowest BCUT2D eigenvalue weighted by molar-refractivity contribution is 0.281. The molecule has 3 aromatic rings. The highest BCUT2D eigenvalue weighted by Crippen LogP contribution is 2.26. The van der Waals surface area contributed by atoms with Crippen molar-refractivity contribution in [2.45, 2.75) is 26.6 Å². The third kappa shape index (κ3) is 4.82. The van der Waals surface area contributed by atoms with Crippen molar-refractivity contribution >= 4 is 17.6 Å². The fourth-order valence-corrected chi connectivity index (χ4v) is 2.73. The molecule has 0 saturated heterocycles. The Labute approximate surface area is 160 Å². The predicted octanol–water partition coefficient (Wildman–Crippen LogP) is 4.41. The van der Waals surface area contributed by atoms with Gasteiger partial charge >= 0.3 is 0 Å². The first-order valence-corrected chi connectivity index (χ1v) is 9.06. The van der Waals surface area contributed by atoms with Crippen LogP contribution in [0.2, 0.25) is 0 Å². The topological polar surface area (TPSA) is 56.1 Å². The molecule has 0 unspecified atom stereocenters. The quantitative estimate of drug-likeness (QED) is 0.485. The number of hydrazone groups is 1. The molecule has 0 aliphatic rings. The van der Waals surface area contributed by atoms with E-state index >= 15 is 0 Å². The SMILES string of the molecule is CCc1ccc(/C=N/N(c2ccc(CO)cc2)c2ccc(CO)cc2)cc1. The van der Waals surface area contributed by atoms with Crippen LogP contribution in [0.4, 0.5) is 11.4 Å². The molecule has 0 amide bonds. The molecule has 4 heteroatoms. The van der Waals surface area contributed by atoms with Gasteiger partial charge in [0.2, 0.25) is 0 Å². The van der Waals surface area contributed by atoms with E-state index in [1.54, 1.807) is 0 Å². The number of aliphatic hydroxyl groups is 2. The summed E-state index contributed by atoms with van der Waals surface area (Å²) in [5, 5.41) is 25.1. The van der Waals surface area contributed by atoms with Crippen molar-refractivity contribution in [1.82, 2.24) is 0 Å². The summed E-state index contributed by atoms with van der Waals surface area (Å²) in [6.07, 6.45) is 2.84. The van der Waals surface area contributed by atoms with Crippen LogP contribution in [-0.4, -0.2) is 16.4 Å². The number of aryl methyl sites for hydroxylation is 1. The van der Waals surface area contributed by atoms with E-state index in [0.717, 1.165) is 34.5 Å². The molecule has 0 atom stereocenters. The molecule has 0 radical (unpaired) electrons. The Morgan fingerprint density at radius 3 is 1.56 bits per heavy atom. The monoisotopic (exact) mass is 360 g/mol. The molecule has 0 aliphatic carbocycles. The van der Waals surface area contributed by atoms with Crippen LogP contribution in [0.5, 0.6) is 0 Å². The average molecular weight is 360 g/mol. The van der Waals surface area contributed by atoms with Gasteiger partial charge in [0.15, 0.2) is 0 Å². The summed E-state index contributed by atoms with van der Waals surface area (Å²) in [5.41, 5.74) is 5.82. The lowest BCUT2D eigenvalue weighted by Crippen LogP contribution is -2.09. The average Bonchev–Trinajstić information content (AvgIpc) is 2.75. The zero-order chi connectivity index (χ0) is 19.1. The van der Waals surface area contributed by atoms with Gasteiger partial charge in [-0.1, -0.05) is 55.5 Å². The minimum Gasteiger partial charge on any atom is -0.392 e. The minimum atomic E-state index is 0.0124. The van der Waals surface area contributed by atoms with E-state index in [2.05, 4.69) is 36.3 Å². The smallest absolute Gasteiger partial charge is 0.0681 e. The Morgan fingerprint density at radius 2 is 1.15 bits per heavy atom. The van der Waals surface area contributed by atoms with Gasteiger partial charge in [-0.3, -0.25) is 0 Å². The van der Waals surface area contributed by atoms with Crippen LogP contribution in [-0.2, 0) is 19.6 Å². The van der Waals surface area contributed by atoms with Crippen LogP contribution in [0.3, 0.4) is 0 Å². The van der Waals surface area contributed by atoms with E-state index in [-0.39, 0.29) is 13.2 Å². The van der Waals surface area contributed by atoms with Crippen molar-refractivity contribution in [3.8, 4) is 0 Å². The number of nitrogens with zero attached hydrogens (tertiary/aromatic N) is 2. The molecule has 4 nitrogen and oxygen atoms in total. The van der Waals surface area contributed by atoms with Crippen LogP contribution in [0.25, 0.3) is 0 Å². The summed E-state index contributed by atoms with van der Waals surface area (Å²) in [5.74, 6) is 0. The van der Waals surface area contributed by atoms with Crippen molar-refractivity contribution in [3.63, 3.8) is 0 Å². The van der Waals surface area contributed by atoms with Gasteiger partial charge in [-0.2, -0.15) is 5.10 Å². The molecule has 0 saturated carbocycles. The summed E-state index contributed by atoms with van der Waals surface area (Å²) < 4.78 is 0. The maximum atomic E-state index is 9.27. The van der Waals surface area contributed by atoms with E-state index in [1.165, 1.54) is 5.56 Å². The van der Waals surface area contributed by atoms with Gasteiger partial charge in [-0.15, -0.1) is 0 Å². The second-order valence-electron chi connectivity index (χ2n) is 6.30. The number of anilines is 2. The van der Waals surface area contributed by atoms with E-state index in [0.29, 0.717) is 0 Å². The Hall–Kier alpha value is -2.95. The van der Waals surface area contributed by atoms with E-state index in [9.17, 15) is 10.2 Å². The summed E-state index contributed by atoms with van der Waals surface area (Å²) >= 11 is 0. The van der Waals surface area contributed by atoms with Gasteiger partial charge in [-0.05, 0) is 52.9 Å². The van der Waals surface area contributed by atoms with Crippen LogP contribution in [0, 0.1) is 0 Å². The minimum absolute atomic E-state index is 0.0124. The lowest BCUT2D eigenvalue weighted by Gasteiger charge is -2.20. The second-order valence-corrected chi connectivity index (χ2v) is 6.30. The molecule has 0 bridgehead atoms. The zero-order valence-electron chi connectivity index (χ0n) is 15.4. The summed E-state index contributed by atoms with van der Waals surface area (Å²) in [6.45, 7) is 2.16. The second kappa shape index (κ2) is 9.12. The highest BCUT2D eigenvalue weighted by atomic mass is 16.3. The number of rotatable bonds is 7. The standard InChI is InChI=1S/C23H24N2O2/c1-2-18-3-5-19(6-4-18)15-24-25(22-11-7-20(16-26)8-12-22)23-13-9-21(17-27)10-14-23/h3-15,26-27H,2,16-17H2,1H3/b24-15+. The van der Waals surface area contributed by atoms with Gasteiger partial charge < -0.3 is 10.2 Å². The summed E-state index contributed by atoms with van der Waals surface area (Å²) in [7, 11) is 0. The highest BCUT2D eigenvalue weighted by Gasteiger charge is 2.08. The van der Waals surface area contributed by atoms with Gasteiger partial charge in [0.1, 0.15) is 0 Å². The summed E-state index contributed by atoms with van der Waals surface area (Å²) in [6, 6.07) is 23.6. The molecule has 3 rings (SSSR count). The maximum absolute atomic E-state index is 9.27. The van der Waals surface area contributed by atoms with E-state index in [1.807, 2.05) is 59.8 Å². The van der Waals surface area contributed by atoms with Crippen molar-refractivity contribution in [2.24, 2.45) is 5.10 Å². The molecule has 138 valence electrons. The van der Waals surface area contributed by atoms with Crippen molar-refractivity contribution in [2.75, 3.05) is 5.01 Å². The van der Waals surface area contributed by atoms with Gasteiger partial charge in [-0.25, -0.2) is 5.01 Å². The number of hydrogen-bond acceptors (Lipinski definition) is 4. The first-order chi connectivity index (χ1) is 13.2. The van der Waals surface area contributed by atoms with Crippen molar-refractivity contribution in [3.05, 3.63) is 95.1 Å². The molecule has 0 aromatic heterocycles. The third-order valence-electron chi connectivity index (χ3n) is 4.44. The predicted molar refractivity (Wildman–Crippen MR) is 110 cm³/mol. The molecule has 0 fully saturated rings. The van der Waals surface area contributed by atoms with Gasteiger partial charge in [0, 0.05) is 0 Å². The Balaban J connectivity index is 1.93. The van der Waals surface area contributed by atoms with Crippen molar-refractivity contribution in [1.29, 1.82) is 0 Å². The number of benzene rings is 3. The molecule has 27 heavy (non-hydrogen) atoms. The van der Waals surface area contributed by atoms with Gasteiger partial charge in [0.05, 0.1) is 30.8 Å². The molecule has 3 aromatic carbocycles. The summed E-state index contributed by atoms with van der Waals surface area (Å²) in [4.78, 5) is 0. The molecular weight excluding hydrogens is 336 g/mol. The molecular formula is C23H24N2O2.